The number of quaternary nitrogens is 1. The molecule has 2 aliphatic heterocycles. The molecule has 0 saturated carbocycles. The summed E-state index contributed by atoms with van der Waals surface area (Å²) in [6.07, 6.45) is 3.19. The minimum Gasteiger partial charge on any atom is -0.602 e. The zero-order chi connectivity index (χ0) is 18.5. The van der Waals surface area contributed by atoms with Crippen LogP contribution in [0.5, 0.6) is 0 Å². The molecule has 138 valence electrons. The fourth-order valence-corrected chi connectivity index (χ4v) is 4.05. The maximum Gasteiger partial charge on any atom is 0.252 e. The van der Waals surface area contributed by atoms with Gasteiger partial charge in [0.05, 0.1) is 6.54 Å². The highest BCUT2D eigenvalue weighted by Gasteiger charge is 2.49. The van der Waals surface area contributed by atoms with E-state index in [-0.39, 0.29) is 22.4 Å². The van der Waals surface area contributed by atoms with Gasteiger partial charge in [0.15, 0.2) is 0 Å². The molecule has 1 fully saturated rings. The van der Waals surface area contributed by atoms with Crippen LogP contribution in [0, 0.1) is 10.6 Å². The summed E-state index contributed by atoms with van der Waals surface area (Å²) in [5, 5.41) is 13.6. The van der Waals surface area contributed by atoms with Crippen molar-refractivity contribution in [3.05, 3.63) is 52.0 Å². The number of hydroxylamine groups is 1. The lowest BCUT2D eigenvalue weighted by molar-refractivity contribution is -0.951. The van der Waals surface area contributed by atoms with Gasteiger partial charge in [-0.2, -0.15) is 0 Å². The van der Waals surface area contributed by atoms with E-state index in [0.717, 1.165) is 26.1 Å². The van der Waals surface area contributed by atoms with Crippen LogP contribution in [0.4, 0.5) is 0 Å². The highest BCUT2D eigenvalue weighted by molar-refractivity contribution is 6.26. The Bertz CT molecular complexity index is 789. The average Bonchev–Trinajstić information content (AvgIpc) is 2.62. The Morgan fingerprint density at radius 1 is 1.04 bits per heavy atom. The third kappa shape index (κ3) is 2.78. The number of carbonyl (C=O) groups excluding carboxylic acids is 2. The van der Waals surface area contributed by atoms with Gasteiger partial charge < -0.3 is 10.1 Å². The topological polar surface area (TPSA) is 68.1 Å². The molecular weight excluding hydrogens is 330 g/mol. The van der Waals surface area contributed by atoms with Crippen LogP contribution in [0.3, 0.4) is 0 Å². The molecule has 0 amide bonds. The molecule has 6 nitrogen and oxygen atoms in total. The van der Waals surface area contributed by atoms with Crippen molar-refractivity contribution in [2.75, 3.05) is 26.2 Å². The van der Waals surface area contributed by atoms with E-state index in [1.165, 1.54) is 17.9 Å². The Labute approximate surface area is 153 Å². The van der Waals surface area contributed by atoms with Gasteiger partial charge in [0, 0.05) is 17.7 Å². The van der Waals surface area contributed by atoms with Crippen LogP contribution < -0.4 is 5.17 Å². The van der Waals surface area contributed by atoms with Gasteiger partial charge in [-0.05, 0) is 37.8 Å². The fourth-order valence-electron chi connectivity index (χ4n) is 4.05. The Morgan fingerprint density at radius 2 is 1.65 bits per heavy atom. The van der Waals surface area contributed by atoms with Gasteiger partial charge in [-0.15, -0.1) is 0 Å². The Hall–Kier alpha value is -2.02. The summed E-state index contributed by atoms with van der Waals surface area (Å²) < 4.78 is 0. The van der Waals surface area contributed by atoms with Gasteiger partial charge in [0.2, 0.25) is 17.2 Å². The Kier molecular flexibility index (Phi) is 4.22. The van der Waals surface area contributed by atoms with Gasteiger partial charge in [0.25, 0.3) is 5.78 Å². The number of nitrogens with zero attached hydrogens (tertiary/aromatic N) is 2. The van der Waals surface area contributed by atoms with Crippen LogP contribution in [0.2, 0.25) is 0 Å². The molecule has 1 aliphatic carbocycles. The lowest BCUT2D eigenvalue weighted by Crippen LogP contribution is -3.18. The smallest absolute Gasteiger partial charge is 0.252 e. The van der Waals surface area contributed by atoms with Crippen molar-refractivity contribution < 1.29 is 14.8 Å². The summed E-state index contributed by atoms with van der Waals surface area (Å²) in [6.45, 7) is 8.19. The lowest BCUT2D eigenvalue weighted by Gasteiger charge is -2.46. The number of benzene rings is 1. The predicted octanol–water partition coefficient (Wildman–Crippen LogP) is 1.40. The molecule has 6 heteroatoms. The summed E-state index contributed by atoms with van der Waals surface area (Å²) in [4.78, 5) is 27.6. The molecule has 0 spiro atoms. The van der Waals surface area contributed by atoms with Gasteiger partial charge in [-0.25, -0.2) is 10.2 Å². The molecule has 1 saturated heterocycles. The number of fused-ring (bicyclic) bond motifs is 1. The molecule has 1 unspecified atom stereocenters. The van der Waals surface area contributed by atoms with Gasteiger partial charge in [-0.1, -0.05) is 38.1 Å². The standard InChI is InChI=1S/C20H25N3O3/c1-20(2)8-12-21(13-9-20)10-5-11-22-16-17(23(22)26)19(25)15-7-4-3-6-14(15)18(16)24/h3-4,6-7,23H,5,8-13H2,1-2H3. The van der Waals surface area contributed by atoms with Crippen molar-refractivity contribution in [1.82, 2.24) is 9.91 Å². The third-order valence-corrected chi connectivity index (χ3v) is 5.89. The molecular formula is C20H25N3O3. The van der Waals surface area contributed by atoms with E-state index in [9.17, 15) is 14.8 Å². The molecule has 0 radical (unpaired) electrons. The minimum absolute atomic E-state index is 0.0772. The quantitative estimate of drug-likeness (QED) is 0.827. The van der Waals surface area contributed by atoms with Gasteiger partial charge >= 0.3 is 0 Å². The first kappa shape index (κ1) is 17.4. The summed E-state index contributed by atoms with van der Waals surface area (Å²) >= 11 is 0. The number of piperidine rings is 1. The first-order chi connectivity index (χ1) is 12.4. The number of hydrogen-bond donors (Lipinski definition) is 1. The summed E-state index contributed by atoms with van der Waals surface area (Å²) in [5.74, 6) is -0.510. The van der Waals surface area contributed by atoms with E-state index in [1.54, 1.807) is 24.3 Å². The van der Waals surface area contributed by atoms with Crippen molar-refractivity contribution in [3.8, 4) is 0 Å². The van der Waals surface area contributed by atoms with Crippen LogP contribution in [0.15, 0.2) is 35.7 Å². The minimum atomic E-state index is -0.310. The van der Waals surface area contributed by atoms with E-state index in [1.807, 2.05) is 0 Å². The third-order valence-electron chi connectivity index (χ3n) is 5.89. The van der Waals surface area contributed by atoms with Gasteiger partial charge in [-0.3, -0.25) is 9.59 Å². The summed E-state index contributed by atoms with van der Waals surface area (Å²) in [5.41, 5.74) is 1.56. The molecule has 4 rings (SSSR count). The molecule has 1 atom stereocenters. The van der Waals surface area contributed by atoms with E-state index in [2.05, 4.69) is 18.7 Å². The molecule has 2 heterocycles. The van der Waals surface area contributed by atoms with Crippen LogP contribution in [0.1, 0.15) is 53.8 Å². The van der Waals surface area contributed by atoms with E-state index < -0.39 is 0 Å². The van der Waals surface area contributed by atoms with Crippen molar-refractivity contribution >= 4 is 11.6 Å². The second-order valence-electron chi connectivity index (χ2n) is 8.24. The molecule has 1 N–H and O–H groups in total. The SMILES string of the molecule is CC1(C)CCN(CCCN2C3=C(C(=O)c4ccccc4C3=O)[NH+]2[O-])CC1. The molecule has 3 aliphatic rings. The van der Waals surface area contributed by atoms with E-state index in [0.29, 0.717) is 28.8 Å². The van der Waals surface area contributed by atoms with Crippen molar-refractivity contribution in [1.29, 1.82) is 0 Å². The Morgan fingerprint density at radius 3 is 2.31 bits per heavy atom. The molecule has 1 aromatic rings. The van der Waals surface area contributed by atoms with Crippen LogP contribution in [-0.4, -0.2) is 47.7 Å². The average molecular weight is 355 g/mol. The molecule has 0 aromatic heterocycles. The molecule has 26 heavy (non-hydrogen) atoms. The van der Waals surface area contributed by atoms with Crippen molar-refractivity contribution in [2.24, 2.45) is 5.41 Å². The van der Waals surface area contributed by atoms with E-state index >= 15 is 0 Å². The molecule has 1 aromatic carbocycles. The van der Waals surface area contributed by atoms with Crippen molar-refractivity contribution in [2.45, 2.75) is 33.1 Å². The van der Waals surface area contributed by atoms with Crippen LogP contribution >= 0.6 is 0 Å². The number of hydrogen-bond acceptors (Lipinski definition) is 5. The number of rotatable bonds is 4. The number of Topliss-reactive ketones (excluding diaryl/α,β-unsaturated/α-hetero) is 2. The summed E-state index contributed by atoms with van der Waals surface area (Å²) in [6, 6.07) is 6.75. The monoisotopic (exact) mass is 355 g/mol. The number of nitrogens with one attached hydrogen (secondary N) is 1. The highest BCUT2D eigenvalue weighted by atomic mass is 16.6. The zero-order valence-electron chi connectivity index (χ0n) is 15.4. The van der Waals surface area contributed by atoms with E-state index in [4.69, 9.17) is 0 Å². The fraction of sp³-hybridized carbons (Fsp3) is 0.500. The normalized spacial score (nSPS) is 25.0. The Balaban J connectivity index is 1.40. The number of likely N-dealkylation sites (tertiary alicyclic amines) is 1. The van der Waals surface area contributed by atoms with Crippen LogP contribution in [-0.2, 0) is 0 Å². The first-order valence-electron chi connectivity index (χ1n) is 9.36. The van der Waals surface area contributed by atoms with Gasteiger partial charge in [0.1, 0.15) is 0 Å². The zero-order valence-corrected chi connectivity index (χ0v) is 15.4. The van der Waals surface area contributed by atoms with Crippen molar-refractivity contribution in [3.63, 3.8) is 0 Å². The summed E-state index contributed by atoms with van der Waals surface area (Å²) in [7, 11) is 0. The number of ketones is 2. The predicted molar refractivity (Wildman–Crippen MR) is 97.2 cm³/mol. The first-order valence-corrected chi connectivity index (χ1v) is 9.36. The maximum atomic E-state index is 12.7. The number of allylic oxidation sites excluding steroid dienone is 2. The number of carbonyl (C=O) groups is 2. The highest BCUT2D eigenvalue weighted by Crippen LogP contribution is 2.31. The molecule has 0 bridgehead atoms. The maximum absolute atomic E-state index is 12.7. The largest absolute Gasteiger partial charge is 0.602 e. The lowest BCUT2D eigenvalue weighted by atomic mass is 9.83. The van der Waals surface area contributed by atoms with Crippen LogP contribution in [0.25, 0.3) is 0 Å². The second kappa shape index (κ2) is 6.30. The second-order valence-corrected chi connectivity index (χ2v) is 8.24.